The van der Waals surface area contributed by atoms with E-state index in [9.17, 15) is 19.0 Å². The first-order valence-corrected chi connectivity index (χ1v) is 31.8. The zero-order chi connectivity index (χ0) is 53.6. The van der Waals surface area contributed by atoms with Gasteiger partial charge in [0.1, 0.15) is 19.3 Å². The summed E-state index contributed by atoms with van der Waals surface area (Å²) in [5.41, 5.74) is 0. The van der Waals surface area contributed by atoms with Crippen molar-refractivity contribution in [1.29, 1.82) is 0 Å². The highest BCUT2D eigenvalue weighted by atomic mass is 31.2. The fraction of sp³-hybridized carbons (Fsp3) is 0.778. The van der Waals surface area contributed by atoms with Gasteiger partial charge in [0.25, 0.3) is 0 Å². The molecule has 10 heteroatoms. The molecule has 9 nitrogen and oxygen atoms in total. The number of nitrogens with zero attached hydrogens (tertiary/aromatic N) is 1. The van der Waals surface area contributed by atoms with E-state index < -0.39 is 20.0 Å². The number of esters is 1. The molecule has 0 radical (unpaired) electrons. The molecule has 0 aliphatic rings. The Kier molecular flexibility index (Phi) is 51.0. The molecule has 0 aromatic rings. The quantitative estimate of drug-likeness (QED) is 0.0205. The average molecular weight is 1040 g/mol. The summed E-state index contributed by atoms with van der Waals surface area (Å²) in [5.74, 6) is -0.596. The third kappa shape index (κ3) is 54.1. The van der Waals surface area contributed by atoms with E-state index in [1.54, 1.807) is 0 Å². The van der Waals surface area contributed by atoms with E-state index in [0.717, 1.165) is 70.6 Å². The van der Waals surface area contributed by atoms with E-state index in [4.69, 9.17) is 13.8 Å². The van der Waals surface area contributed by atoms with Crippen LogP contribution in [-0.4, -0.2) is 74.3 Å². The van der Waals surface area contributed by atoms with Crippen molar-refractivity contribution in [1.82, 2.24) is 5.32 Å². The van der Waals surface area contributed by atoms with E-state index >= 15 is 0 Å². The SMILES string of the molecule is CC/C=C/C/C=C/C/C=C/C/C=C/C/C=C/CCC(=O)NC(COP(=O)(O)OCC[N+](C)(C)C)C(/C=C/CCCCCCCCCCCC)OC(=O)CCCCCCCCCCCCCCCCCCCCC. The maximum atomic E-state index is 13.5. The molecule has 0 saturated heterocycles. The van der Waals surface area contributed by atoms with E-state index in [0.29, 0.717) is 17.4 Å². The minimum atomic E-state index is -4.47. The van der Waals surface area contributed by atoms with E-state index in [1.165, 1.54) is 154 Å². The van der Waals surface area contributed by atoms with Crippen molar-refractivity contribution < 1.29 is 37.3 Å². The van der Waals surface area contributed by atoms with Crippen molar-refractivity contribution in [2.75, 3.05) is 40.9 Å². The molecule has 3 atom stereocenters. The Morgan fingerprint density at radius 2 is 0.890 bits per heavy atom. The lowest BCUT2D eigenvalue weighted by Crippen LogP contribution is -2.47. The van der Waals surface area contributed by atoms with Gasteiger partial charge in [-0.15, -0.1) is 0 Å². The maximum absolute atomic E-state index is 13.5. The molecule has 1 amide bonds. The molecule has 0 spiro atoms. The van der Waals surface area contributed by atoms with Crippen LogP contribution < -0.4 is 5.32 Å². The fourth-order valence-electron chi connectivity index (χ4n) is 8.52. The smallest absolute Gasteiger partial charge is 0.456 e. The number of quaternary nitrogens is 1. The molecule has 2 N–H and O–H groups in total. The van der Waals surface area contributed by atoms with Crippen molar-refractivity contribution in [3.8, 4) is 0 Å². The number of likely N-dealkylation sites (N-methyl/N-ethyl adjacent to an activating group) is 1. The number of rotatable bonds is 54. The van der Waals surface area contributed by atoms with E-state index in [-0.39, 0.29) is 37.9 Å². The molecule has 0 heterocycles. The van der Waals surface area contributed by atoms with Gasteiger partial charge in [0.15, 0.2) is 0 Å². The Morgan fingerprint density at radius 1 is 0.493 bits per heavy atom. The zero-order valence-corrected chi connectivity index (χ0v) is 49.3. The molecule has 0 aromatic heterocycles. The summed E-state index contributed by atoms with van der Waals surface area (Å²) >= 11 is 0. The molecule has 3 unspecified atom stereocenters. The summed E-state index contributed by atoms with van der Waals surface area (Å²) in [7, 11) is 1.45. The van der Waals surface area contributed by atoms with Crippen molar-refractivity contribution in [3.05, 3.63) is 72.9 Å². The Morgan fingerprint density at radius 3 is 1.32 bits per heavy atom. The van der Waals surface area contributed by atoms with Crippen molar-refractivity contribution in [2.24, 2.45) is 0 Å². The number of phosphoric ester groups is 1. The van der Waals surface area contributed by atoms with Crippen LogP contribution in [0.2, 0.25) is 0 Å². The van der Waals surface area contributed by atoms with Gasteiger partial charge in [-0.1, -0.05) is 261 Å². The molecule has 0 aliphatic heterocycles. The van der Waals surface area contributed by atoms with E-state index in [2.05, 4.69) is 80.8 Å². The van der Waals surface area contributed by atoms with E-state index in [1.807, 2.05) is 39.4 Å². The molecule has 73 heavy (non-hydrogen) atoms. The summed E-state index contributed by atoms with van der Waals surface area (Å²) in [5, 5.41) is 3.00. The Balaban J connectivity index is 5.35. The Labute approximate surface area is 451 Å². The topological polar surface area (TPSA) is 111 Å². The lowest BCUT2D eigenvalue weighted by molar-refractivity contribution is -0.870. The lowest BCUT2D eigenvalue weighted by Gasteiger charge is -2.27. The van der Waals surface area contributed by atoms with Crippen LogP contribution in [0.5, 0.6) is 0 Å². The lowest BCUT2D eigenvalue weighted by atomic mass is 10.0. The standard InChI is InChI=1S/C63H115N2O7P/c1-7-10-13-16-19-22-25-28-30-32-33-34-36-38-41-44-47-50-53-56-63(67)72-61(54-51-48-45-42-39-27-24-21-18-15-12-9-3)60(59-71-73(68,69)70-58-57-65(4,5)6)64-62(66)55-52-49-46-43-40-37-35-31-29-26-23-20-17-14-11-8-2/h11,14,20,23,29,31,37,40,46,49,51,54,60-61H,7-10,12-13,15-19,21-22,24-28,30,32-36,38-39,41-45,47-48,50,52-53,55-59H2,1-6H3,(H-,64,66,68,69)/p+1/b14-11+,23-20+,31-29+,40-37+,49-46+,54-51+. The number of hydrogen-bond acceptors (Lipinski definition) is 6. The fourth-order valence-corrected chi connectivity index (χ4v) is 9.25. The highest BCUT2D eigenvalue weighted by Crippen LogP contribution is 2.43. The number of carbonyl (C=O) groups is 2. The Hall–Kier alpha value is -2.55. The minimum absolute atomic E-state index is 0.0260. The van der Waals surface area contributed by atoms with Gasteiger partial charge >= 0.3 is 13.8 Å². The van der Waals surface area contributed by atoms with Crippen LogP contribution in [0.3, 0.4) is 0 Å². The maximum Gasteiger partial charge on any atom is 0.472 e. The Bertz CT molecular complexity index is 1480. The van der Waals surface area contributed by atoms with Gasteiger partial charge in [-0.2, -0.15) is 0 Å². The second-order valence-electron chi connectivity index (χ2n) is 21.5. The number of phosphoric acid groups is 1. The van der Waals surface area contributed by atoms with Crippen LogP contribution in [0.4, 0.5) is 0 Å². The summed E-state index contributed by atoms with van der Waals surface area (Å²) in [6.07, 6.45) is 67.8. The molecule has 0 aliphatic carbocycles. The molecule has 0 rings (SSSR count). The first-order valence-electron chi connectivity index (χ1n) is 30.3. The van der Waals surface area contributed by atoms with Gasteiger partial charge in [-0.3, -0.25) is 18.6 Å². The third-order valence-corrected chi connectivity index (χ3v) is 14.2. The normalized spacial score (nSPS) is 14.2. The summed E-state index contributed by atoms with van der Waals surface area (Å²) < 4.78 is 30.6. The largest absolute Gasteiger partial charge is 0.472 e. The molecule has 0 fully saturated rings. The number of amides is 1. The highest BCUT2D eigenvalue weighted by Gasteiger charge is 2.30. The number of nitrogens with one attached hydrogen (secondary N) is 1. The monoisotopic (exact) mass is 1040 g/mol. The van der Waals surface area contributed by atoms with Crippen molar-refractivity contribution >= 4 is 19.7 Å². The van der Waals surface area contributed by atoms with Gasteiger partial charge in [0.2, 0.25) is 5.91 Å². The van der Waals surface area contributed by atoms with Gasteiger partial charge in [0, 0.05) is 12.8 Å². The molecular formula is C63H116N2O7P+. The third-order valence-electron chi connectivity index (χ3n) is 13.2. The number of hydrogen-bond donors (Lipinski definition) is 2. The van der Waals surface area contributed by atoms with Gasteiger partial charge < -0.3 is 19.4 Å². The minimum Gasteiger partial charge on any atom is -0.456 e. The van der Waals surface area contributed by atoms with Crippen molar-refractivity contribution in [2.45, 2.75) is 277 Å². The number of carbonyl (C=O) groups excluding carboxylic acids is 2. The van der Waals surface area contributed by atoms with Crippen LogP contribution in [0, 0.1) is 0 Å². The summed E-state index contributed by atoms with van der Waals surface area (Å²) in [6.45, 7) is 6.85. The van der Waals surface area contributed by atoms with Crippen LogP contribution in [0.15, 0.2) is 72.9 Å². The zero-order valence-electron chi connectivity index (χ0n) is 48.4. The number of unbranched alkanes of at least 4 members (excludes halogenated alkanes) is 28. The second-order valence-corrected chi connectivity index (χ2v) is 23.0. The molecule has 424 valence electrons. The van der Waals surface area contributed by atoms with Gasteiger partial charge in [-0.05, 0) is 63.9 Å². The van der Waals surface area contributed by atoms with Gasteiger partial charge in [0.05, 0.1) is 33.8 Å². The van der Waals surface area contributed by atoms with Crippen LogP contribution in [0.1, 0.15) is 265 Å². The highest BCUT2D eigenvalue weighted by molar-refractivity contribution is 7.47. The van der Waals surface area contributed by atoms with Crippen LogP contribution >= 0.6 is 7.82 Å². The first kappa shape index (κ1) is 70.5. The second kappa shape index (κ2) is 52.9. The average Bonchev–Trinajstić information content (AvgIpc) is 3.35. The van der Waals surface area contributed by atoms with Gasteiger partial charge in [-0.25, -0.2) is 4.57 Å². The first-order chi connectivity index (χ1) is 35.4. The van der Waals surface area contributed by atoms with Crippen LogP contribution in [0.25, 0.3) is 0 Å². The van der Waals surface area contributed by atoms with Crippen LogP contribution in [-0.2, 0) is 27.9 Å². The molecule has 0 saturated carbocycles. The summed E-state index contributed by atoms with van der Waals surface area (Å²) in [6, 6.07) is -0.888. The molecule has 0 bridgehead atoms. The number of allylic oxidation sites excluding steroid dienone is 11. The molecule has 0 aromatic carbocycles. The molecular weight excluding hydrogens is 928 g/mol. The number of ether oxygens (including phenoxy) is 1. The predicted molar refractivity (Wildman–Crippen MR) is 314 cm³/mol. The van der Waals surface area contributed by atoms with Crippen molar-refractivity contribution in [3.63, 3.8) is 0 Å². The summed E-state index contributed by atoms with van der Waals surface area (Å²) in [4.78, 5) is 37.6. The predicted octanol–water partition coefficient (Wildman–Crippen LogP) is 18.4.